The molecule has 1 aliphatic rings. The van der Waals surface area contributed by atoms with Crippen LogP contribution in [-0.4, -0.2) is 42.5 Å². The Balaban J connectivity index is 2.30. The van der Waals surface area contributed by atoms with Gasteiger partial charge in [-0.3, -0.25) is 4.79 Å². The number of ether oxygens (including phenoxy) is 1. The van der Waals surface area contributed by atoms with E-state index in [4.69, 9.17) is 16.3 Å². The largest absolute Gasteiger partial charge is 0.381 e. The molecule has 4 heteroatoms. The summed E-state index contributed by atoms with van der Waals surface area (Å²) >= 11 is 5.74. The van der Waals surface area contributed by atoms with Gasteiger partial charge in [0.2, 0.25) is 5.91 Å². The summed E-state index contributed by atoms with van der Waals surface area (Å²) in [6.07, 6.45) is 1.04. The molecule has 0 aromatic carbocycles. The van der Waals surface area contributed by atoms with Crippen molar-refractivity contribution in [1.29, 1.82) is 0 Å². The number of amides is 1. The maximum atomic E-state index is 11.5. The molecule has 1 rings (SSSR count). The first-order chi connectivity index (χ1) is 6.65. The van der Waals surface area contributed by atoms with Gasteiger partial charge in [0.05, 0.1) is 6.61 Å². The lowest BCUT2D eigenvalue weighted by Gasteiger charge is -2.17. The van der Waals surface area contributed by atoms with Crippen LogP contribution < -0.4 is 0 Å². The third-order valence-corrected chi connectivity index (χ3v) is 2.68. The quantitative estimate of drug-likeness (QED) is 0.671. The van der Waals surface area contributed by atoms with Crippen LogP contribution in [0.15, 0.2) is 0 Å². The summed E-state index contributed by atoms with van der Waals surface area (Å²) in [5, 5.41) is -0.402. The van der Waals surface area contributed by atoms with E-state index in [9.17, 15) is 4.79 Å². The van der Waals surface area contributed by atoms with Gasteiger partial charge >= 0.3 is 0 Å². The average molecular weight is 220 g/mol. The zero-order chi connectivity index (χ0) is 10.6. The topological polar surface area (TPSA) is 29.5 Å². The van der Waals surface area contributed by atoms with Gasteiger partial charge in [0.1, 0.15) is 5.38 Å². The van der Waals surface area contributed by atoms with E-state index in [0.29, 0.717) is 5.92 Å². The molecule has 0 unspecified atom stereocenters. The molecule has 0 bridgehead atoms. The molecule has 0 spiro atoms. The Morgan fingerprint density at radius 1 is 1.71 bits per heavy atom. The van der Waals surface area contributed by atoms with Gasteiger partial charge in [-0.2, -0.15) is 0 Å². The Labute approximate surface area is 90.4 Å². The fraction of sp³-hybridized carbons (Fsp3) is 0.900. The van der Waals surface area contributed by atoms with Crippen LogP contribution in [0.25, 0.3) is 0 Å². The van der Waals surface area contributed by atoms with E-state index in [-0.39, 0.29) is 5.91 Å². The van der Waals surface area contributed by atoms with Crippen LogP contribution in [0.4, 0.5) is 0 Å². The van der Waals surface area contributed by atoms with Crippen molar-refractivity contribution in [3.05, 3.63) is 0 Å². The van der Waals surface area contributed by atoms with Gasteiger partial charge in [0, 0.05) is 25.6 Å². The molecule has 0 aliphatic carbocycles. The van der Waals surface area contributed by atoms with E-state index in [0.717, 1.165) is 32.7 Å². The first-order valence-electron chi connectivity index (χ1n) is 5.15. The lowest BCUT2D eigenvalue weighted by atomic mass is 10.1. The molecule has 1 amide bonds. The van der Waals surface area contributed by atoms with Crippen molar-refractivity contribution >= 4 is 17.5 Å². The molecule has 1 heterocycles. The van der Waals surface area contributed by atoms with E-state index >= 15 is 0 Å². The van der Waals surface area contributed by atoms with Crippen molar-refractivity contribution < 1.29 is 9.53 Å². The minimum Gasteiger partial charge on any atom is -0.381 e. The van der Waals surface area contributed by atoms with Gasteiger partial charge in [-0.25, -0.2) is 0 Å². The highest BCUT2D eigenvalue weighted by Gasteiger charge is 2.27. The van der Waals surface area contributed by atoms with Gasteiger partial charge in [0.25, 0.3) is 0 Å². The second kappa shape index (κ2) is 5.56. The summed E-state index contributed by atoms with van der Waals surface area (Å²) in [5.74, 6) is 0.542. The molecule has 2 atom stereocenters. The highest BCUT2D eigenvalue weighted by Crippen LogP contribution is 2.18. The highest BCUT2D eigenvalue weighted by atomic mass is 35.5. The Bertz CT molecular complexity index is 197. The SMILES string of the molecule is CCOC[C@H]1CCN(C(=O)[C@H](C)Cl)C1. The molecule has 0 N–H and O–H groups in total. The van der Waals surface area contributed by atoms with Crippen LogP contribution in [0.3, 0.4) is 0 Å². The number of rotatable bonds is 4. The van der Waals surface area contributed by atoms with Crippen LogP contribution in [-0.2, 0) is 9.53 Å². The lowest BCUT2D eigenvalue weighted by molar-refractivity contribution is -0.129. The minimum atomic E-state index is -0.402. The van der Waals surface area contributed by atoms with Crippen molar-refractivity contribution in [2.75, 3.05) is 26.3 Å². The monoisotopic (exact) mass is 219 g/mol. The predicted octanol–water partition coefficient (Wildman–Crippen LogP) is 1.50. The molecule has 0 radical (unpaired) electrons. The van der Waals surface area contributed by atoms with Crippen LogP contribution in [0.2, 0.25) is 0 Å². The summed E-state index contributed by atoms with van der Waals surface area (Å²) in [5.41, 5.74) is 0. The van der Waals surface area contributed by atoms with Crippen molar-refractivity contribution in [3.63, 3.8) is 0 Å². The summed E-state index contributed by atoms with van der Waals surface area (Å²) in [6.45, 7) is 6.84. The summed E-state index contributed by atoms with van der Waals surface area (Å²) in [7, 11) is 0. The zero-order valence-corrected chi connectivity index (χ0v) is 9.59. The molecule has 82 valence electrons. The number of carbonyl (C=O) groups is 1. The third kappa shape index (κ3) is 3.14. The molecular weight excluding hydrogens is 202 g/mol. The molecule has 0 aromatic heterocycles. The molecule has 1 aliphatic heterocycles. The van der Waals surface area contributed by atoms with Gasteiger partial charge in [-0.05, 0) is 20.3 Å². The van der Waals surface area contributed by atoms with Crippen LogP contribution in [0.5, 0.6) is 0 Å². The second-order valence-corrected chi connectivity index (χ2v) is 4.37. The maximum absolute atomic E-state index is 11.5. The summed E-state index contributed by atoms with van der Waals surface area (Å²) in [6, 6.07) is 0. The van der Waals surface area contributed by atoms with Crippen LogP contribution in [0, 0.1) is 5.92 Å². The normalized spacial score (nSPS) is 23.9. The molecule has 0 saturated carbocycles. The van der Waals surface area contributed by atoms with Gasteiger partial charge in [0.15, 0.2) is 0 Å². The van der Waals surface area contributed by atoms with E-state index in [1.54, 1.807) is 6.92 Å². The molecule has 1 fully saturated rings. The van der Waals surface area contributed by atoms with Crippen molar-refractivity contribution in [1.82, 2.24) is 4.90 Å². The lowest BCUT2D eigenvalue weighted by Crippen LogP contribution is -2.34. The number of likely N-dealkylation sites (tertiary alicyclic amines) is 1. The molecular formula is C10H18ClNO2. The fourth-order valence-electron chi connectivity index (χ4n) is 1.70. The number of nitrogens with zero attached hydrogens (tertiary/aromatic N) is 1. The summed E-state index contributed by atoms with van der Waals surface area (Å²) in [4.78, 5) is 13.4. The van der Waals surface area contributed by atoms with E-state index in [1.807, 2.05) is 11.8 Å². The number of carbonyl (C=O) groups excluding carboxylic acids is 1. The molecule has 0 aromatic rings. The Morgan fingerprint density at radius 3 is 3.00 bits per heavy atom. The predicted molar refractivity (Wildman–Crippen MR) is 56.5 cm³/mol. The Morgan fingerprint density at radius 2 is 2.43 bits per heavy atom. The first kappa shape index (κ1) is 11.8. The van der Waals surface area contributed by atoms with Crippen molar-refractivity contribution in [2.45, 2.75) is 25.6 Å². The smallest absolute Gasteiger partial charge is 0.240 e. The first-order valence-corrected chi connectivity index (χ1v) is 5.59. The standard InChI is InChI=1S/C10H18ClNO2/c1-3-14-7-9-4-5-12(6-9)10(13)8(2)11/h8-9H,3-7H2,1-2H3/t8-,9-/m0/s1. The maximum Gasteiger partial charge on any atom is 0.240 e. The summed E-state index contributed by atoms with van der Waals surface area (Å²) < 4.78 is 5.34. The molecule has 1 saturated heterocycles. The van der Waals surface area contributed by atoms with Gasteiger partial charge in [-0.1, -0.05) is 0 Å². The number of hydrogen-bond acceptors (Lipinski definition) is 2. The average Bonchev–Trinajstić information content (AvgIpc) is 2.61. The highest BCUT2D eigenvalue weighted by molar-refractivity contribution is 6.30. The van der Waals surface area contributed by atoms with Crippen LogP contribution >= 0.6 is 11.6 Å². The number of halogens is 1. The van der Waals surface area contributed by atoms with Crippen LogP contribution in [0.1, 0.15) is 20.3 Å². The molecule has 3 nitrogen and oxygen atoms in total. The van der Waals surface area contributed by atoms with E-state index in [1.165, 1.54) is 0 Å². The van der Waals surface area contributed by atoms with E-state index < -0.39 is 5.38 Å². The van der Waals surface area contributed by atoms with Crippen molar-refractivity contribution in [2.24, 2.45) is 5.92 Å². The van der Waals surface area contributed by atoms with Gasteiger partial charge in [-0.15, -0.1) is 11.6 Å². The Hall–Kier alpha value is -0.280. The van der Waals surface area contributed by atoms with Crippen molar-refractivity contribution in [3.8, 4) is 0 Å². The number of hydrogen-bond donors (Lipinski definition) is 0. The zero-order valence-electron chi connectivity index (χ0n) is 8.83. The minimum absolute atomic E-state index is 0.0469. The fourth-order valence-corrected chi connectivity index (χ4v) is 1.84. The van der Waals surface area contributed by atoms with Gasteiger partial charge < -0.3 is 9.64 Å². The number of alkyl halides is 1. The second-order valence-electron chi connectivity index (χ2n) is 3.71. The Kier molecular flexibility index (Phi) is 4.69. The molecule has 14 heavy (non-hydrogen) atoms. The van der Waals surface area contributed by atoms with E-state index in [2.05, 4.69) is 0 Å². The third-order valence-electron chi connectivity index (χ3n) is 2.50.